The number of aliphatic imine (C=N–C) groups is 1. The van der Waals surface area contributed by atoms with E-state index in [1.165, 1.54) is 19.3 Å². The van der Waals surface area contributed by atoms with Gasteiger partial charge in [-0.05, 0) is 50.3 Å². The molecule has 7 nitrogen and oxygen atoms in total. The van der Waals surface area contributed by atoms with Gasteiger partial charge in [0.25, 0.3) is 0 Å². The van der Waals surface area contributed by atoms with Crippen molar-refractivity contribution < 1.29 is 9.47 Å². The first-order valence-corrected chi connectivity index (χ1v) is 10.2. The van der Waals surface area contributed by atoms with Crippen LogP contribution in [0.3, 0.4) is 0 Å². The number of aromatic nitrogens is 1. The number of nitrogens with two attached hydrogens (primary N) is 1. The lowest BCUT2D eigenvalue weighted by Gasteiger charge is -2.26. The Kier molecular flexibility index (Phi) is 10.9. The Hall–Kier alpha value is -1.13. The number of halogens is 1. The molecule has 0 spiro atoms. The molecule has 1 aromatic heterocycles. The molecule has 8 heteroatoms. The average Bonchev–Trinajstić information content (AvgIpc) is 2.71. The predicted octanol–water partition coefficient (Wildman–Crippen LogP) is 2.54. The maximum absolute atomic E-state index is 6.02. The van der Waals surface area contributed by atoms with E-state index in [1.807, 2.05) is 12.1 Å². The molecule has 3 rings (SSSR count). The standard InChI is InChI=1S/C20H33N5O2.HI/c21-20(23-8-4-10-25-11-13-26-14-12-25)24-16-17-7-9-22-19(15-17)27-18-5-2-1-3-6-18;/h7,9,15,18H,1-6,8,10-14,16H2,(H3,21,23,24);1H. The SMILES string of the molecule is I.NC(=NCc1ccnc(OC2CCCCC2)c1)NCCCN1CCOCC1. The van der Waals surface area contributed by atoms with E-state index < -0.39 is 0 Å². The zero-order chi connectivity index (χ0) is 18.7. The summed E-state index contributed by atoms with van der Waals surface area (Å²) in [6.45, 7) is 6.17. The van der Waals surface area contributed by atoms with Crippen molar-refractivity contribution in [1.29, 1.82) is 0 Å². The molecule has 2 aliphatic rings. The highest BCUT2D eigenvalue weighted by Gasteiger charge is 2.15. The van der Waals surface area contributed by atoms with Crippen molar-refractivity contribution in [3.63, 3.8) is 0 Å². The summed E-state index contributed by atoms with van der Waals surface area (Å²) in [4.78, 5) is 11.2. The zero-order valence-corrected chi connectivity index (χ0v) is 19.0. The summed E-state index contributed by atoms with van der Waals surface area (Å²) in [5, 5.41) is 3.20. The Balaban J connectivity index is 0.00000280. The van der Waals surface area contributed by atoms with Crippen LogP contribution in [0.2, 0.25) is 0 Å². The van der Waals surface area contributed by atoms with Crippen LogP contribution >= 0.6 is 24.0 Å². The van der Waals surface area contributed by atoms with Gasteiger partial charge in [-0.25, -0.2) is 9.98 Å². The van der Waals surface area contributed by atoms with Gasteiger partial charge in [0.2, 0.25) is 5.88 Å². The lowest BCUT2D eigenvalue weighted by atomic mass is 9.98. The molecular weight excluding hydrogens is 469 g/mol. The summed E-state index contributed by atoms with van der Waals surface area (Å²) >= 11 is 0. The van der Waals surface area contributed by atoms with E-state index in [0.29, 0.717) is 24.5 Å². The predicted molar refractivity (Wildman–Crippen MR) is 122 cm³/mol. The molecule has 1 aromatic rings. The van der Waals surface area contributed by atoms with Crippen molar-refractivity contribution >= 4 is 29.9 Å². The van der Waals surface area contributed by atoms with Gasteiger partial charge in [0, 0.05) is 31.9 Å². The first kappa shape index (κ1) is 23.2. The highest BCUT2D eigenvalue weighted by molar-refractivity contribution is 14.0. The molecular formula is C20H34IN5O2. The Morgan fingerprint density at radius 1 is 1.29 bits per heavy atom. The van der Waals surface area contributed by atoms with Gasteiger partial charge in [-0.1, -0.05) is 6.42 Å². The second-order valence-corrected chi connectivity index (χ2v) is 7.32. The van der Waals surface area contributed by atoms with Gasteiger partial charge >= 0.3 is 0 Å². The Labute approximate surface area is 185 Å². The number of nitrogens with one attached hydrogen (secondary N) is 1. The van der Waals surface area contributed by atoms with Crippen molar-refractivity contribution in [3.05, 3.63) is 23.9 Å². The lowest BCUT2D eigenvalue weighted by molar-refractivity contribution is 0.0376. The summed E-state index contributed by atoms with van der Waals surface area (Å²) in [5.41, 5.74) is 7.05. The lowest BCUT2D eigenvalue weighted by Crippen LogP contribution is -2.39. The van der Waals surface area contributed by atoms with Gasteiger partial charge in [0.1, 0.15) is 6.10 Å². The van der Waals surface area contributed by atoms with Crippen LogP contribution in [-0.4, -0.2) is 61.3 Å². The van der Waals surface area contributed by atoms with E-state index in [1.54, 1.807) is 6.20 Å². The maximum Gasteiger partial charge on any atom is 0.213 e. The van der Waals surface area contributed by atoms with Gasteiger partial charge < -0.3 is 20.5 Å². The summed E-state index contributed by atoms with van der Waals surface area (Å²) in [7, 11) is 0. The number of rotatable bonds is 8. The number of ether oxygens (including phenoxy) is 2. The largest absolute Gasteiger partial charge is 0.474 e. The number of morpholine rings is 1. The van der Waals surface area contributed by atoms with Crippen LogP contribution in [0.25, 0.3) is 0 Å². The van der Waals surface area contributed by atoms with Crippen molar-refractivity contribution in [2.45, 2.75) is 51.2 Å². The van der Waals surface area contributed by atoms with Gasteiger partial charge in [0.05, 0.1) is 19.8 Å². The molecule has 1 saturated carbocycles. The smallest absolute Gasteiger partial charge is 0.213 e. The van der Waals surface area contributed by atoms with E-state index in [9.17, 15) is 0 Å². The third kappa shape index (κ3) is 8.48. The number of hydrogen-bond acceptors (Lipinski definition) is 5. The number of nitrogens with zero attached hydrogens (tertiary/aromatic N) is 3. The molecule has 2 heterocycles. The average molecular weight is 503 g/mol. The normalized spacial score (nSPS) is 19.1. The molecule has 0 bridgehead atoms. The van der Waals surface area contributed by atoms with Gasteiger partial charge in [0.15, 0.2) is 5.96 Å². The van der Waals surface area contributed by atoms with Crippen molar-refractivity contribution in [1.82, 2.24) is 15.2 Å². The van der Waals surface area contributed by atoms with Gasteiger partial charge in [-0.15, -0.1) is 24.0 Å². The van der Waals surface area contributed by atoms with Crippen LogP contribution in [0.1, 0.15) is 44.1 Å². The highest BCUT2D eigenvalue weighted by Crippen LogP contribution is 2.22. The Morgan fingerprint density at radius 2 is 2.07 bits per heavy atom. The van der Waals surface area contributed by atoms with Crippen LogP contribution in [-0.2, 0) is 11.3 Å². The van der Waals surface area contributed by atoms with Crippen molar-refractivity contribution in [3.8, 4) is 5.88 Å². The topological polar surface area (TPSA) is 85.0 Å². The quantitative estimate of drug-likeness (QED) is 0.246. The van der Waals surface area contributed by atoms with Gasteiger partial charge in [-0.3, -0.25) is 4.90 Å². The van der Waals surface area contributed by atoms with E-state index >= 15 is 0 Å². The maximum atomic E-state index is 6.02. The zero-order valence-electron chi connectivity index (χ0n) is 16.6. The molecule has 0 amide bonds. The molecule has 0 radical (unpaired) electrons. The fourth-order valence-corrected chi connectivity index (χ4v) is 3.54. The van der Waals surface area contributed by atoms with Crippen LogP contribution < -0.4 is 15.8 Å². The van der Waals surface area contributed by atoms with Gasteiger partial charge in [-0.2, -0.15) is 0 Å². The summed E-state index contributed by atoms with van der Waals surface area (Å²) in [6.07, 6.45) is 9.23. The molecule has 0 unspecified atom stereocenters. The number of hydrogen-bond donors (Lipinski definition) is 2. The first-order valence-electron chi connectivity index (χ1n) is 10.2. The minimum atomic E-state index is 0. The Bertz CT molecular complexity index is 590. The minimum Gasteiger partial charge on any atom is -0.474 e. The summed E-state index contributed by atoms with van der Waals surface area (Å²) in [5.74, 6) is 1.19. The second-order valence-electron chi connectivity index (χ2n) is 7.32. The third-order valence-electron chi connectivity index (χ3n) is 5.13. The molecule has 0 aromatic carbocycles. The number of pyridine rings is 1. The van der Waals surface area contributed by atoms with E-state index in [-0.39, 0.29) is 24.0 Å². The minimum absolute atomic E-state index is 0. The molecule has 3 N–H and O–H groups in total. The summed E-state index contributed by atoms with van der Waals surface area (Å²) in [6, 6.07) is 3.94. The van der Waals surface area contributed by atoms with E-state index in [0.717, 1.165) is 64.2 Å². The second kappa shape index (κ2) is 13.2. The van der Waals surface area contributed by atoms with Crippen molar-refractivity contribution in [2.24, 2.45) is 10.7 Å². The van der Waals surface area contributed by atoms with Crippen LogP contribution in [0.4, 0.5) is 0 Å². The van der Waals surface area contributed by atoms with E-state index in [4.69, 9.17) is 15.2 Å². The van der Waals surface area contributed by atoms with Crippen LogP contribution in [0.5, 0.6) is 5.88 Å². The molecule has 28 heavy (non-hydrogen) atoms. The molecule has 158 valence electrons. The summed E-state index contributed by atoms with van der Waals surface area (Å²) < 4.78 is 11.4. The third-order valence-corrected chi connectivity index (χ3v) is 5.13. The molecule has 2 fully saturated rings. The monoisotopic (exact) mass is 503 g/mol. The van der Waals surface area contributed by atoms with Crippen LogP contribution in [0.15, 0.2) is 23.3 Å². The number of guanidine groups is 1. The Morgan fingerprint density at radius 3 is 2.86 bits per heavy atom. The fourth-order valence-electron chi connectivity index (χ4n) is 3.54. The van der Waals surface area contributed by atoms with Crippen molar-refractivity contribution in [2.75, 3.05) is 39.4 Å². The molecule has 1 aliphatic carbocycles. The highest BCUT2D eigenvalue weighted by atomic mass is 127. The molecule has 1 aliphatic heterocycles. The molecule has 0 atom stereocenters. The van der Waals surface area contributed by atoms with E-state index in [2.05, 4.69) is 20.2 Å². The molecule has 1 saturated heterocycles. The van der Waals surface area contributed by atoms with Crippen LogP contribution in [0, 0.1) is 0 Å². The fraction of sp³-hybridized carbons (Fsp3) is 0.700. The first-order chi connectivity index (χ1) is 13.3.